The number of aromatic amines is 2. The van der Waals surface area contributed by atoms with Crippen molar-refractivity contribution in [2.75, 3.05) is 39.5 Å². The molecule has 2 N–H and O–H groups in total. The molecule has 0 aliphatic carbocycles. The van der Waals surface area contributed by atoms with Gasteiger partial charge in [-0.3, -0.25) is 14.7 Å². The monoisotopic (exact) mass is 367 g/mol. The highest BCUT2D eigenvalue weighted by atomic mass is 16.5. The summed E-state index contributed by atoms with van der Waals surface area (Å²) in [5.41, 5.74) is -1.57. The van der Waals surface area contributed by atoms with Crippen molar-refractivity contribution in [3.63, 3.8) is 0 Å². The van der Waals surface area contributed by atoms with E-state index in [4.69, 9.17) is 14.2 Å². The zero-order chi connectivity index (χ0) is 18.8. The fourth-order valence-corrected chi connectivity index (χ4v) is 2.23. The topological polar surface area (TPSA) is 131 Å². The van der Waals surface area contributed by atoms with Gasteiger partial charge in [0.2, 0.25) is 5.75 Å². The smallest absolute Gasteiger partial charge is 0.336 e. The summed E-state index contributed by atoms with van der Waals surface area (Å²) < 4.78 is 14.9. The maximum Gasteiger partial charge on any atom is 0.336 e. The van der Waals surface area contributed by atoms with E-state index in [0.29, 0.717) is 6.42 Å². The summed E-state index contributed by atoms with van der Waals surface area (Å²) in [6.07, 6.45) is 4.34. The molecule has 1 aliphatic heterocycles. The maximum atomic E-state index is 11.5. The number of unbranched alkanes of at least 4 members (excludes halogenated alkanes) is 1. The van der Waals surface area contributed by atoms with Gasteiger partial charge in [0.05, 0.1) is 26.0 Å². The molecule has 10 heteroatoms. The lowest BCUT2D eigenvalue weighted by molar-refractivity contribution is -0.138. The number of aromatic nitrogens is 2. The molecule has 0 radical (unpaired) electrons. The lowest BCUT2D eigenvalue weighted by atomic mass is 10.3. The van der Waals surface area contributed by atoms with Crippen LogP contribution in [-0.2, 0) is 19.1 Å². The van der Waals surface area contributed by atoms with E-state index < -0.39 is 23.2 Å². The van der Waals surface area contributed by atoms with Crippen LogP contribution >= 0.6 is 0 Å². The van der Waals surface area contributed by atoms with Crippen LogP contribution in [0.5, 0.6) is 5.75 Å². The average molecular weight is 367 g/mol. The predicted molar refractivity (Wildman–Crippen MR) is 89.9 cm³/mol. The molecule has 0 bridgehead atoms. The fourth-order valence-electron chi connectivity index (χ4n) is 2.23. The van der Waals surface area contributed by atoms with E-state index >= 15 is 0 Å². The minimum absolute atomic E-state index is 0.252. The molecule has 0 saturated carbocycles. The summed E-state index contributed by atoms with van der Waals surface area (Å²) in [6, 6.07) is 0. The minimum atomic E-state index is -0.938. The van der Waals surface area contributed by atoms with Gasteiger partial charge in [0, 0.05) is 25.2 Å². The van der Waals surface area contributed by atoms with E-state index in [0.717, 1.165) is 57.6 Å². The zero-order valence-corrected chi connectivity index (χ0v) is 14.2. The molecular formula is C16H21N3O7. The predicted octanol–water partition coefficient (Wildman–Crippen LogP) is -0.820. The lowest BCUT2D eigenvalue weighted by Crippen LogP contribution is -2.36. The van der Waals surface area contributed by atoms with Gasteiger partial charge in [0.1, 0.15) is 0 Å². The van der Waals surface area contributed by atoms with Gasteiger partial charge < -0.3 is 19.2 Å². The molecule has 2 heterocycles. The van der Waals surface area contributed by atoms with Crippen LogP contribution in [0.1, 0.15) is 12.8 Å². The molecule has 0 amide bonds. The van der Waals surface area contributed by atoms with Gasteiger partial charge in [-0.15, -0.1) is 0 Å². The summed E-state index contributed by atoms with van der Waals surface area (Å²) in [6.45, 7) is 4.52. The van der Waals surface area contributed by atoms with Crippen LogP contribution in [-0.4, -0.2) is 66.3 Å². The quantitative estimate of drug-likeness (QED) is 0.346. The van der Waals surface area contributed by atoms with Crippen LogP contribution in [0.3, 0.4) is 0 Å². The molecule has 1 saturated heterocycles. The molecule has 10 nitrogen and oxygen atoms in total. The molecule has 142 valence electrons. The molecule has 1 aromatic heterocycles. The van der Waals surface area contributed by atoms with Crippen LogP contribution < -0.4 is 16.0 Å². The zero-order valence-electron chi connectivity index (χ0n) is 14.2. The first-order valence-corrected chi connectivity index (χ1v) is 8.23. The van der Waals surface area contributed by atoms with Crippen molar-refractivity contribution in [1.82, 2.24) is 14.9 Å². The summed E-state index contributed by atoms with van der Waals surface area (Å²) in [4.78, 5) is 51.6. The second-order valence-electron chi connectivity index (χ2n) is 5.52. The molecule has 0 aromatic carbocycles. The lowest BCUT2D eigenvalue weighted by Gasteiger charge is -2.26. The summed E-state index contributed by atoms with van der Waals surface area (Å²) in [5, 5.41) is 0. The van der Waals surface area contributed by atoms with Crippen molar-refractivity contribution in [3.8, 4) is 5.75 Å². The summed E-state index contributed by atoms with van der Waals surface area (Å²) >= 11 is 0. The molecule has 0 spiro atoms. The van der Waals surface area contributed by atoms with Crippen LogP contribution in [0, 0.1) is 0 Å². The Morgan fingerprint density at radius 2 is 1.88 bits per heavy atom. The summed E-state index contributed by atoms with van der Waals surface area (Å²) in [5.74, 6) is -1.99. The highest BCUT2D eigenvalue weighted by molar-refractivity contribution is 5.92. The normalized spacial score (nSPS) is 15.1. The molecule has 0 unspecified atom stereocenters. The Morgan fingerprint density at radius 1 is 1.15 bits per heavy atom. The second-order valence-corrected chi connectivity index (χ2v) is 5.52. The van der Waals surface area contributed by atoms with E-state index in [2.05, 4.69) is 9.88 Å². The largest absolute Gasteiger partial charge is 0.463 e. The standard InChI is InChI=1S/C16H21N3O7/c20-13(25-8-2-1-5-19-6-9-24-10-7-19)3-4-14(21)26-12-11-17-16(23)18-15(12)22/h3-4,11H,1-2,5-10H2,(H2,17,18,22,23)/b4-3+. The third-order valence-electron chi connectivity index (χ3n) is 3.57. The van der Waals surface area contributed by atoms with Crippen molar-refractivity contribution in [3.05, 3.63) is 39.2 Å². The van der Waals surface area contributed by atoms with Gasteiger partial charge >= 0.3 is 17.6 Å². The van der Waals surface area contributed by atoms with Crippen LogP contribution in [0.25, 0.3) is 0 Å². The summed E-state index contributed by atoms with van der Waals surface area (Å²) in [7, 11) is 0. The van der Waals surface area contributed by atoms with Crippen LogP contribution in [0.2, 0.25) is 0 Å². The first-order chi connectivity index (χ1) is 12.5. The van der Waals surface area contributed by atoms with Crippen LogP contribution in [0.15, 0.2) is 27.9 Å². The highest BCUT2D eigenvalue weighted by Gasteiger charge is 2.09. The van der Waals surface area contributed by atoms with Gasteiger partial charge in [0.25, 0.3) is 5.56 Å². The third kappa shape index (κ3) is 7.03. The number of carbonyl (C=O) groups excluding carboxylic acids is 2. The number of esters is 2. The van der Waals surface area contributed by atoms with E-state index in [-0.39, 0.29) is 12.4 Å². The number of morpholine rings is 1. The Morgan fingerprint density at radius 3 is 2.62 bits per heavy atom. The molecule has 26 heavy (non-hydrogen) atoms. The first-order valence-electron chi connectivity index (χ1n) is 8.23. The second kappa shape index (κ2) is 10.3. The van der Waals surface area contributed by atoms with E-state index in [9.17, 15) is 19.2 Å². The van der Waals surface area contributed by atoms with Gasteiger partial charge in [-0.2, -0.15) is 0 Å². The van der Waals surface area contributed by atoms with Gasteiger partial charge in [-0.25, -0.2) is 14.4 Å². The molecule has 1 aromatic rings. The van der Waals surface area contributed by atoms with Gasteiger partial charge in [-0.05, 0) is 19.4 Å². The first kappa shape index (κ1) is 19.6. The van der Waals surface area contributed by atoms with E-state index in [1.165, 1.54) is 0 Å². The maximum absolute atomic E-state index is 11.5. The highest BCUT2D eigenvalue weighted by Crippen LogP contribution is 2.01. The number of hydrogen-bond acceptors (Lipinski definition) is 8. The fraction of sp³-hybridized carbons (Fsp3) is 0.500. The number of carbonyl (C=O) groups is 2. The SMILES string of the molecule is O=C(/C=C/C(=O)Oc1c[nH]c(=O)[nH]c1=O)OCCCCN1CCOCC1. The molecule has 1 aliphatic rings. The Balaban J connectivity index is 1.62. The van der Waals surface area contributed by atoms with Crippen molar-refractivity contribution in [1.29, 1.82) is 0 Å². The molecule has 2 rings (SSSR count). The number of ether oxygens (including phenoxy) is 3. The van der Waals surface area contributed by atoms with Crippen molar-refractivity contribution >= 4 is 11.9 Å². The Hall–Kier alpha value is -2.72. The average Bonchev–Trinajstić information content (AvgIpc) is 2.63. The van der Waals surface area contributed by atoms with Crippen molar-refractivity contribution in [2.45, 2.75) is 12.8 Å². The molecular weight excluding hydrogens is 346 g/mol. The number of hydrogen-bond donors (Lipinski definition) is 2. The van der Waals surface area contributed by atoms with E-state index in [1.807, 2.05) is 4.98 Å². The van der Waals surface area contributed by atoms with Crippen molar-refractivity contribution in [2.24, 2.45) is 0 Å². The Bertz CT molecular complexity index is 747. The van der Waals surface area contributed by atoms with Crippen LogP contribution in [0.4, 0.5) is 0 Å². The van der Waals surface area contributed by atoms with Gasteiger partial charge in [0.15, 0.2) is 0 Å². The van der Waals surface area contributed by atoms with E-state index in [1.54, 1.807) is 0 Å². The number of rotatable bonds is 8. The third-order valence-corrected chi connectivity index (χ3v) is 3.57. The van der Waals surface area contributed by atoms with Crippen molar-refractivity contribution < 1.29 is 23.8 Å². The number of nitrogens with one attached hydrogen (secondary N) is 2. The minimum Gasteiger partial charge on any atom is -0.463 e. The Kier molecular flexibility index (Phi) is 7.77. The number of nitrogens with zero attached hydrogens (tertiary/aromatic N) is 1. The number of H-pyrrole nitrogens is 2. The molecule has 1 fully saturated rings. The Labute approximate surface area is 148 Å². The van der Waals surface area contributed by atoms with Gasteiger partial charge in [-0.1, -0.05) is 0 Å². The molecule has 0 atom stereocenters.